The number of carbonyl (C=O) groups is 1. The van der Waals surface area contributed by atoms with Crippen LogP contribution in [0.25, 0.3) is 11.3 Å². The van der Waals surface area contributed by atoms with Crippen LogP contribution in [0.4, 0.5) is 0 Å². The summed E-state index contributed by atoms with van der Waals surface area (Å²) in [5.74, 6) is 0.691. The largest absolute Gasteiger partial charge is 0.497 e. The Balaban J connectivity index is 1.71. The summed E-state index contributed by atoms with van der Waals surface area (Å²) in [6.07, 6.45) is 1.51. The van der Waals surface area contributed by atoms with Crippen LogP contribution in [0.5, 0.6) is 5.75 Å². The SMILES string of the molecule is COc1ccc(-c2cc(CNC(=O)c3ccc(C)cc3C)ncn2)cc1. The predicted molar refractivity (Wildman–Crippen MR) is 101 cm³/mol. The molecule has 0 aliphatic heterocycles. The van der Waals surface area contributed by atoms with Crippen LogP contribution in [0, 0.1) is 13.8 Å². The summed E-state index contributed by atoms with van der Waals surface area (Å²) in [6.45, 7) is 4.29. The topological polar surface area (TPSA) is 64.1 Å². The molecule has 132 valence electrons. The van der Waals surface area contributed by atoms with Gasteiger partial charge in [0.15, 0.2) is 0 Å². The second-order valence-electron chi connectivity index (χ2n) is 6.12. The molecule has 0 bridgehead atoms. The molecule has 1 amide bonds. The molecule has 5 nitrogen and oxygen atoms in total. The van der Waals surface area contributed by atoms with Crippen LogP contribution < -0.4 is 10.1 Å². The van der Waals surface area contributed by atoms with Crippen molar-refractivity contribution in [1.29, 1.82) is 0 Å². The van der Waals surface area contributed by atoms with Crippen molar-refractivity contribution in [2.45, 2.75) is 20.4 Å². The first-order chi connectivity index (χ1) is 12.6. The highest BCUT2D eigenvalue weighted by atomic mass is 16.5. The lowest BCUT2D eigenvalue weighted by molar-refractivity contribution is 0.0950. The average molecular weight is 347 g/mol. The van der Waals surface area contributed by atoms with Gasteiger partial charge in [-0.05, 0) is 55.8 Å². The minimum Gasteiger partial charge on any atom is -0.497 e. The maximum absolute atomic E-state index is 12.4. The Bertz CT molecular complexity index is 921. The number of nitrogens with zero attached hydrogens (tertiary/aromatic N) is 2. The van der Waals surface area contributed by atoms with E-state index in [4.69, 9.17) is 4.74 Å². The summed E-state index contributed by atoms with van der Waals surface area (Å²) in [4.78, 5) is 21.0. The zero-order valence-electron chi connectivity index (χ0n) is 15.1. The van der Waals surface area contributed by atoms with E-state index in [0.717, 1.165) is 33.8 Å². The van der Waals surface area contributed by atoms with E-state index in [1.807, 2.05) is 62.4 Å². The zero-order valence-corrected chi connectivity index (χ0v) is 15.1. The van der Waals surface area contributed by atoms with Crippen LogP contribution in [0.3, 0.4) is 0 Å². The normalized spacial score (nSPS) is 10.4. The molecule has 0 atom stereocenters. The molecule has 0 fully saturated rings. The lowest BCUT2D eigenvalue weighted by Gasteiger charge is -2.09. The highest BCUT2D eigenvalue weighted by molar-refractivity contribution is 5.95. The first-order valence-electron chi connectivity index (χ1n) is 8.37. The van der Waals surface area contributed by atoms with E-state index in [1.165, 1.54) is 6.33 Å². The standard InChI is InChI=1S/C21H21N3O2/c1-14-4-9-19(15(2)10-14)21(25)22-12-17-11-20(24-13-23-17)16-5-7-18(26-3)8-6-16/h4-11,13H,12H2,1-3H3,(H,22,25). The molecule has 0 spiro atoms. The molecular formula is C21H21N3O2. The van der Waals surface area contributed by atoms with Gasteiger partial charge in [-0.1, -0.05) is 17.7 Å². The van der Waals surface area contributed by atoms with Gasteiger partial charge in [0.25, 0.3) is 5.91 Å². The van der Waals surface area contributed by atoms with E-state index in [1.54, 1.807) is 7.11 Å². The maximum Gasteiger partial charge on any atom is 0.251 e. The lowest BCUT2D eigenvalue weighted by atomic mass is 10.1. The quantitative estimate of drug-likeness (QED) is 0.764. The van der Waals surface area contributed by atoms with Crippen LogP contribution in [-0.4, -0.2) is 23.0 Å². The molecule has 26 heavy (non-hydrogen) atoms. The summed E-state index contributed by atoms with van der Waals surface area (Å²) in [7, 11) is 1.64. The van der Waals surface area contributed by atoms with Crippen LogP contribution in [-0.2, 0) is 6.54 Å². The van der Waals surface area contributed by atoms with Gasteiger partial charge >= 0.3 is 0 Å². The van der Waals surface area contributed by atoms with E-state index >= 15 is 0 Å². The molecule has 5 heteroatoms. The molecule has 3 aromatic rings. The van der Waals surface area contributed by atoms with Crippen molar-refractivity contribution in [3.05, 3.63) is 77.2 Å². The third-order valence-corrected chi connectivity index (χ3v) is 4.17. The fourth-order valence-corrected chi connectivity index (χ4v) is 2.75. The monoisotopic (exact) mass is 347 g/mol. The summed E-state index contributed by atoms with van der Waals surface area (Å²) >= 11 is 0. The Labute approximate surface area is 153 Å². The maximum atomic E-state index is 12.4. The molecule has 0 aliphatic carbocycles. The molecule has 0 unspecified atom stereocenters. The van der Waals surface area contributed by atoms with E-state index < -0.39 is 0 Å². The number of methoxy groups -OCH3 is 1. The van der Waals surface area contributed by atoms with E-state index in [9.17, 15) is 4.79 Å². The molecule has 0 aliphatic rings. The molecule has 1 N–H and O–H groups in total. The Morgan fingerprint density at radius 2 is 1.81 bits per heavy atom. The van der Waals surface area contributed by atoms with E-state index in [-0.39, 0.29) is 5.91 Å². The van der Waals surface area contributed by atoms with Gasteiger partial charge in [-0.15, -0.1) is 0 Å². The number of hydrogen-bond acceptors (Lipinski definition) is 4. The highest BCUT2D eigenvalue weighted by Crippen LogP contribution is 2.20. The smallest absolute Gasteiger partial charge is 0.251 e. The molecule has 0 saturated carbocycles. The fourth-order valence-electron chi connectivity index (χ4n) is 2.75. The van der Waals surface area contributed by atoms with Crippen molar-refractivity contribution in [3.8, 4) is 17.0 Å². The second kappa shape index (κ2) is 7.78. The van der Waals surface area contributed by atoms with Crippen molar-refractivity contribution in [2.24, 2.45) is 0 Å². The van der Waals surface area contributed by atoms with Crippen molar-refractivity contribution < 1.29 is 9.53 Å². The molecular weight excluding hydrogens is 326 g/mol. The number of carbonyl (C=O) groups excluding carboxylic acids is 1. The molecule has 1 aromatic heterocycles. The fraction of sp³-hybridized carbons (Fsp3) is 0.190. The minimum absolute atomic E-state index is 0.105. The molecule has 3 rings (SSSR count). The van der Waals surface area contributed by atoms with Crippen molar-refractivity contribution in [3.63, 3.8) is 0 Å². The molecule has 1 heterocycles. The number of aromatic nitrogens is 2. The first-order valence-corrected chi connectivity index (χ1v) is 8.37. The van der Waals surface area contributed by atoms with Crippen LogP contribution in [0.1, 0.15) is 27.2 Å². The first kappa shape index (κ1) is 17.6. The molecule has 2 aromatic carbocycles. The summed E-state index contributed by atoms with van der Waals surface area (Å²) in [5.41, 5.74) is 5.31. The van der Waals surface area contributed by atoms with Gasteiger partial charge in [0.1, 0.15) is 12.1 Å². The number of amides is 1. The van der Waals surface area contributed by atoms with Crippen molar-refractivity contribution >= 4 is 5.91 Å². The second-order valence-corrected chi connectivity index (χ2v) is 6.12. The van der Waals surface area contributed by atoms with Gasteiger partial charge in [-0.25, -0.2) is 9.97 Å². The van der Waals surface area contributed by atoms with Gasteiger partial charge in [0.2, 0.25) is 0 Å². The number of hydrogen-bond donors (Lipinski definition) is 1. The average Bonchev–Trinajstić information content (AvgIpc) is 2.66. The van der Waals surface area contributed by atoms with Crippen LogP contribution >= 0.6 is 0 Å². The van der Waals surface area contributed by atoms with Gasteiger partial charge < -0.3 is 10.1 Å². The molecule has 0 radical (unpaired) electrons. The lowest BCUT2D eigenvalue weighted by Crippen LogP contribution is -2.24. The zero-order chi connectivity index (χ0) is 18.5. The number of ether oxygens (including phenoxy) is 1. The number of aryl methyl sites for hydroxylation is 2. The summed E-state index contributed by atoms with van der Waals surface area (Å²) in [6, 6.07) is 15.3. The minimum atomic E-state index is -0.105. The number of nitrogens with one attached hydrogen (secondary N) is 1. The van der Waals surface area contributed by atoms with Crippen molar-refractivity contribution in [2.75, 3.05) is 7.11 Å². The third kappa shape index (κ3) is 4.06. The van der Waals surface area contributed by atoms with Gasteiger partial charge in [0, 0.05) is 11.1 Å². The van der Waals surface area contributed by atoms with E-state index in [0.29, 0.717) is 12.1 Å². The Morgan fingerprint density at radius 1 is 1.04 bits per heavy atom. The number of benzene rings is 2. The Morgan fingerprint density at radius 3 is 2.50 bits per heavy atom. The number of rotatable bonds is 5. The van der Waals surface area contributed by atoms with Gasteiger partial charge in [-0.2, -0.15) is 0 Å². The van der Waals surface area contributed by atoms with Crippen LogP contribution in [0.15, 0.2) is 54.9 Å². The summed E-state index contributed by atoms with van der Waals surface area (Å²) < 4.78 is 5.17. The highest BCUT2D eigenvalue weighted by Gasteiger charge is 2.09. The van der Waals surface area contributed by atoms with Crippen molar-refractivity contribution in [1.82, 2.24) is 15.3 Å². The van der Waals surface area contributed by atoms with Gasteiger partial charge in [0.05, 0.1) is 25.0 Å². The third-order valence-electron chi connectivity index (χ3n) is 4.17. The van der Waals surface area contributed by atoms with Crippen LogP contribution in [0.2, 0.25) is 0 Å². The predicted octanol–water partition coefficient (Wildman–Crippen LogP) is 3.70. The Kier molecular flexibility index (Phi) is 5.27. The summed E-state index contributed by atoms with van der Waals surface area (Å²) in [5, 5.41) is 2.92. The van der Waals surface area contributed by atoms with E-state index in [2.05, 4.69) is 15.3 Å². The van der Waals surface area contributed by atoms with Gasteiger partial charge in [-0.3, -0.25) is 4.79 Å². The molecule has 0 saturated heterocycles. The Hall–Kier alpha value is -3.21.